The normalized spacial score (nSPS) is 21.1. The second-order valence-corrected chi connectivity index (χ2v) is 4.94. The van der Waals surface area contributed by atoms with Crippen molar-refractivity contribution in [3.05, 3.63) is 35.4 Å². The maximum absolute atomic E-state index is 5.72. The monoisotopic (exact) mass is 248 g/mol. The van der Waals surface area contributed by atoms with Gasteiger partial charge in [-0.15, -0.1) is 0 Å². The minimum atomic E-state index is 0.412. The Labute approximate surface area is 110 Å². The van der Waals surface area contributed by atoms with Gasteiger partial charge in [-0.2, -0.15) is 0 Å². The highest BCUT2D eigenvalue weighted by atomic mass is 16.5. The number of nitrogens with zero attached hydrogens (tertiary/aromatic N) is 1. The summed E-state index contributed by atoms with van der Waals surface area (Å²) >= 11 is 0. The number of nitrogens with one attached hydrogen (secondary N) is 1. The highest BCUT2D eigenvalue weighted by molar-refractivity contribution is 5.27. The summed E-state index contributed by atoms with van der Waals surface area (Å²) in [5.74, 6) is 0. The van der Waals surface area contributed by atoms with Gasteiger partial charge in [0, 0.05) is 26.2 Å². The lowest BCUT2D eigenvalue weighted by Gasteiger charge is -2.32. The Kier molecular flexibility index (Phi) is 5.17. The Balaban J connectivity index is 1.99. The van der Waals surface area contributed by atoms with Gasteiger partial charge in [0.05, 0.1) is 12.7 Å². The molecule has 2 rings (SSSR count). The van der Waals surface area contributed by atoms with Crippen LogP contribution in [0.1, 0.15) is 24.5 Å². The molecule has 1 aliphatic rings. The summed E-state index contributed by atoms with van der Waals surface area (Å²) in [4.78, 5) is 2.51. The van der Waals surface area contributed by atoms with Crippen LogP contribution in [-0.2, 0) is 17.8 Å². The first-order valence-electron chi connectivity index (χ1n) is 6.88. The van der Waals surface area contributed by atoms with E-state index in [-0.39, 0.29) is 0 Å². The molecule has 0 amide bonds. The Bertz CT molecular complexity index is 367. The van der Waals surface area contributed by atoms with Crippen LogP contribution in [0.5, 0.6) is 0 Å². The number of ether oxygens (including phenoxy) is 1. The molecule has 1 aromatic carbocycles. The van der Waals surface area contributed by atoms with E-state index in [2.05, 4.69) is 41.4 Å². The van der Waals surface area contributed by atoms with Crippen molar-refractivity contribution in [3.63, 3.8) is 0 Å². The zero-order valence-corrected chi connectivity index (χ0v) is 11.5. The van der Waals surface area contributed by atoms with Crippen LogP contribution in [-0.4, -0.2) is 37.7 Å². The van der Waals surface area contributed by atoms with Crippen LogP contribution in [0.15, 0.2) is 24.3 Å². The van der Waals surface area contributed by atoms with Gasteiger partial charge < -0.3 is 10.1 Å². The summed E-state index contributed by atoms with van der Waals surface area (Å²) in [6.07, 6.45) is 1.52. The lowest BCUT2D eigenvalue weighted by atomic mass is 10.1. The third kappa shape index (κ3) is 3.55. The van der Waals surface area contributed by atoms with Crippen LogP contribution in [0.4, 0.5) is 0 Å². The molecule has 18 heavy (non-hydrogen) atoms. The van der Waals surface area contributed by atoms with Gasteiger partial charge in [0.1, 0.15) is 0 Å². The smallest absolute Gasteiger partial charge is 0.0700 e. The van der Waals surface area contributed by atoms with E-state index in [0.717, 1.165) is 39.2 Å². The number of rotatable bonds is 5. The van der Waals surface area contributed by atoms with Crippen molar-refractivity contribution in [3.8, 4) is 0 Å². The van der Waals surface area contributed by atoms with E-state index in [4.69, 9.17) is 4.74 Å². The quantitative estimate of drug-likeness (QED) is 0.863. The fourth-order valence-corrected chi connectivity index (χ4v) is 2.49. The first kappa shape index (κ1) is 13.5. The molecule has 0 aromatic heterocycles. The van der Waals surface area contributed by atoms with E-state index in [1.54, 1.807) is 0 Å². The molecule has 1 aromatic rings. The fourth-order valence-electron chi connectivity index (χ4n) is 2.49. The summed E-state index contributed by atoms with van der Waals surface area (Å²) in [5, 5.41) is 3.24. The van der Waals surface area contributed by atoms with Crippen LogP contribution in [0.25, 0.3) is 0 Å². The molecule has 1 N–H and O–H groups in total. The van der Waals surface area contributed by atoms with Gasteiger partial charge >= 0.3 is 0 Å². The summed E-state index contributed by atoms with van der Waals surface area (Å²) in [5.41, 5.74) is 2.84. The van der Waals surface area contributed by atoms with Crippen LogP contribution in [0.2, 0.25) is 0 Å². The van der Waals surface area contributed by atoms with Gasteiger partial charge in [0.2, 0.25) is 0 Å². The number of hydrogen-bond donors (Lipinski definition) is 1. The third-order valence-corrected chi connectivity index (χ3v) is 3.56. The summed E-state index contributed by atoms with van der Waals surface area (Å²) in [6, 6.07) is 8.70. The van der Waals surface area contributed by atoms with E-state index < -0.39 is 0 Å². The molecule has 100 valence electrons. The van der Waals surface area contributed by atoms with Crippen molar-refractivity contribution in [2.75, 3.05) is 26.7 Å². The predicted molar refractivity (Wildman–Crippen MR) is 74.5 cm³/mol. The average molecular weight is 248 g/mol. The zero-order valence-electron chi connectivity index (χ0n) is 11.5. The Morgan fingerprint density at radius 2 is 2.11 bits per heavy atom. The van der Waals surface area contributed by atoms with Crippen LogP contribution in [0, 0.1) is 0 Å². The summed E-state index contributed by atoms with van der Waals surface area (Å²) in [7, 11) is 2.00. The molecular weight excluding hydrogens is 224 g/mol. The Morgan fingerprint density at radius 3 is 2.83 bits per heavy atom. The number of morpholine rings is 1. The van der Waals surface area contributed by atoms with Crippen LogP contribution in [0.3, 0.4) is 0 Å². The van der Waals surface area contributed by atoms with E-state index in [1.807, 2.05) is 7.05 Å². The molecule has 0 saturated carbocycles. The van der Waals surface area contributed by atoms with Gasteiger partial charge in [0.15, 0.2) is 0 Å². The van der Waals surface area contributed by atoms with E-state index in [1.165, 1.54) is 11.1 Å². The first-order chi connectivity index (χ1) is 8.83. The maximum Gasteiger partial charge on any atom is 0.0700 e. The number of benzene rings is 1. The van der Waals surface area contributed by atoms with Gasteiger partial charge in [-0.05, 0) is 24.6 Å². The van der Waals surface area contributed by atoms with Crippen molar-refractivity contribution in [2.45, 2.75) is 32.5 Å². The molecule has 0 bridgehead atoms. The molecular formula is C15H24N2O. The highest BCUT2D eigenvalue weighted by Crippen LogP contribution is 2.15. The summed E-state index contributed by atoms with van der Waals surface area (Å²) < 4.78 is 5.72. The van der Waals surface area contributed by atoms with Gasteiger partial charge in [-0.3, -0.25) is 4.90 Å². The summed E-state index contributed by atoms with van der Waals surface area (Å²) in [6.45, 7) is 7.15. The van der Waals surface area contributed by atoms with Crippen molar-refractivity contribution < 1.29 is 4.74 Å². The second kappa shape index (κ2) is 6.88. The van der Waals surface area contributed by atoms with Crippen molar-refractivity contribution in [1.29, 1.82) is 0 Å². The minimum absolute atomic E-state index is 0.412. The first-order valence-corrected chi connectivity index (χ1v) is 6.88. The van der Waals surface area contributed by atoms with Crippen LogP contribution < -0.4 is 5.32 Å². The molecule has 1 saturated heterocycles. The number of hydrogen-bond acceptors (Lipinski definition) is 3. The molecule has 1 fully saturated rings. The van der Waals surface area contributed by atoms with Crippen molar-refractivity contribution >= 4 is 0 Å². The van der Waals surface area contributed by atoms with E-state index >= 15 is 0 Å². The molecule has 0 radical (unpaired) electrons. The second-order valence-electron chi connectivity index (χ2n) is 4.94. The predicted octanol–water partition coefficient (Wildman–Crippen LogP) is 2.02. The standard InChI is InChI=1S/C15H24N2O/c1-3-15-12-17(8-9-18-15)11-14-7-5-4-6-13(14)10-16-2/h4-7,15-16H,3,8-12H2,1-2H3. The van der Waals surface area contributed by atoms with Gasteiger partial charge in [-0.1, -0.05) is 31.2 Å². The lowest BCUT2D eigenvalue weighted by Crippen LogP contribution is -2.41. The van der Waals surface area contributed by atoms with E-state index in [0.29, 0.717) is 6.10 Å². The Morgan fingerprint density at radius 1 is 1.33 bits per heavy atom. The molecule has 1 heterocycles. The molecule has 3 nitrogen and oxygen atoms in total. The highest BCUT2D eigenvalue weighted by Gasteiger charge is 2.19. The largest absolute Gasteiger partial charge is 0.376 e. The fraction of sp³-hybridized carbons (Fsp3) is 0.600. The third-order valence-electron chi connectivity index (χ3n) is 3.56. The molecule has 1 aliphatic heterocycles. The lowest BCUT2D eigenvalue weighted by molar-refractivity contribution is -0.0325. The van der Waals surface area contributed by atoms with Crippen molar-refractivity contribution in [1.82, 2.24) is 10.2 Å². The molecule has 0 spiro atoms. The zero-order chi connectivity index (χ0) is 12.8. The maximum atomic E-state index is 5.72. The van der Waals surface area contributed by atoms with Gasteiger partial charge in [-0.25, -0.2) is 0 Å². The van der Waals surface area contributed by atoms with Crippen LogP contribution >= 0.6 is 0 Å². The van der Waals surface area contributed by atoms with Crippen molar-refractivity contribution in [2.24, 2.45) is 0 Å². The molecule has 0 aliphatic carbocycles. The van der Waals surface area contributed by atoms with Gasteiger partial charge in [0.25, 0.3) is 0 Å². The molecule has 1 unspecified atom stereocenters. The Hall–Kier alpha value is -0.900. The molecule has 3 heteroatoms. The minimum Gasteiger partial charge on any atom is -0.376 e. The topological polar surface area (TPSA) is 24.5 Å². The van der Waals surface area contributed by atoms with E-state index in [9.17, 15) is 0 Å². The average Bonchev–Trinajstić information content (AvgIpc) is 2.41. The SMILES string of the molecule is CCC1CN(Cc2ccccc2CNC)CCO1. The molecule has 1 atom stereocenters.